The second kappa shape index (κ2) is 7.29. The Labute approximate surface area is 166 Å². The number of halogens is 1. The molecule has 0 amide bonds. The van der Waals surface area contributed by atoms with Gasteiger partial charge in [-0.2, -0.15) is 0 Å². The number of benzene rings is 1. The van der Waals surface area contributed by atoms with Gasteiger partial charge in [0.05, 0.1) is 32.0 Å². The van der Waals surface area contributed by atoms with Gasteiger partial charge >= 0.3 is 0 Å². The maximum atomic E-state index is 6.22. The van der Waals surface area contributed by atoms with Crippen LogP contribution in [0.2, 0.25) is 23.2 Å². The number of rotatable bonds is 6. The largest absolute Gasteiger partial charge is 0.496 e. The number of fused-ring (bicyclic) bond motifs is 1. The zero-order chi connectivity index (χ0) is 19.8. The summed E-state index contributed by atoms with van der Waals surface area (Å²) in [7, 11) is -0.114. The Morgan fingerprint density at radius 1 is 1.22 bits per heavy atom. The topological polar surface area (TPSA) is 54.1 Å². The lowest BCUT2D eigenvalue weighted by Crippen LogP contribution is -2.41. The van der Waals surface area contributed by atoms with Gasteiger partial charge in [0.2, 0.25) is 0 Å². The highest BCUT2D eigenvalue weighted by molar-refractivity contribution is 6.74. The Morgan fingerprint density at radius 3 is 2.63 bits per heavy atom. The monoisotopic (exact) mass is 406 g/mol. The van der Waals surface area contributed by atoms with Crippen LogP contribution in [0.3, 0.4) is 0 Å². The zero-order valence-corrected chi connectivity index (χ0v) is 18.5. The van der Waals surface area contributed by atoms with E-state index in [2.05, 4.69) is 44.2 Å². The van der Waals surface area contributed by atoms with Gasteiger partial charge in [-0.1, -0.05) is 37.6 Å². The number of hydrogen-bond acceptors (Lipinski definition) is 4. The number of aromatic nitrogens is 4. The summed E-state index contributed by atoms with van der Waals surface area (Å²) < 4.78 is 15.4. The molecule has 2 heterocycles. The molecule has 27 heavy (non-hydrogen) atoms. The molecule has 0 aliphatic rings. The Kier molecular flexibility index (Phi) is 5.38. The standard InChI is InChI=1S/C19H27ClN4O2Si/c1-19(2,3)27(5,6)26-10-9-23-13-18(21-22-23)24-8-7-15-16(24)11-14(20)12-17(15)25-4/h7-8,11-13H,9-10H2,1-6H3. The molecule has 0 saturated heterocycles. The molecule has 0 aliphatic carbocycles. The van der Waals surface area contributed by atoms with E-state index in [4.69, 9.17) is 20.8 Å². The van der Waals surface area contributed by atoms with Gasteiger partial charge < -0.3 is 9.16 Å². The number of nitrogens with zero attached hydrogens (tertiary/aromatic N) is 4. The fraction of sp³-hybridized carbons (Fsp3) is 0.474. The average molecular weight is 407 g/mol. The lowest BCUT2D eigenvalue weighted by Gasteiger charge is -2.36. The first-order chi connectivity index (χ1) is 12.6. The third kappa shape index (κ3) is 4.05. The summed E-state index contributed by atoms with van der Waals surface area (Å²) in [5.74, 6) is 1.48. The molecule has 6 nitrogen and oxygen atoms in total. The molecule has 0 N–H and O–H groups in total. The van der Waals surface area contributed by atoms with Crippen molar-refractivity contribution >= 4 is 30.8 Å². The smallest absolute Gasteiger partial charge is 0.192 e. The average Bonchev–Trinajstić information content (AvgIpc) is 3.19. The third-order valence-corrected chi connectivity index (χ3v) is 10.1. The van der Waals surface area contributed by atoms with Crippen molar-refractivity contribution in [3.63, 3.8) is 0 Å². The van der Waals surface area contributed by atoms with Crippen molar-refractivity contribution in [1.82, 2.24) is 19.6 Å². The van der Waals surface area contributed by atoms with Crippen LogP contribution in [0.15, 0.2) is 30.6 Å². The van der Waals surface area contributed by atoms with Gasteiger partial charge in [0, 0.05) is 16.6 Å². The molecule has 0 spiro atoms. The molecule has 0 bridgehead atoms. The Balaban J connectivity index is 1.77. The van der Waals surface area contributed by atoms with Crippen molar-refractivity contribution in [3.8, 4) is 11.6 Å². The first-order valence-electron chi connectivity index (χ1n) is 9.01. The van der Waals surface area contributed by atoms with Gasteiger partial charge in [0.1, 0.15) is 5.75 Å². The predicted molar refractivity (Wildman–Crippen MR) is 112 cm³/mol. The van der Waals surface area contributed by atoms with Crippen LogP contribution < -0.4 is 4.74 Å². The maximum Gasteiger partial charge on any atom is 0.192 e. The van der Waals surface area contributed by atoms with E-state index < -0.39 is 8.32 Å². The van der Waals surface area contributed by atoms with Crippen molar-refractivity contribution in [1.29, 1.82) is 0 Å². The normalized spacial score (nSPS) is 12.7. The molecule has 146 valence electrons. The van der Waals surface area contributed by atoms with Gasteiger partial charge in [-0.15, -0.1) is 5.10 Å². The molecule has 1 aromatic carbocycles. The highest BCUT2D eigenvalue weighted by Gasteiger charge is 2.36. The van der Waals surface area contributed by atoms with Gasteiger partial charge in [0.25, 0.3) is 0 Å². The summed E-state index contributed by atoms with van der Waals surface area (Å²) >= 11 is 6.22. The van der Waals surface area contributed by atoms with Crippen molar-refractivity contribution in [3.05, 3.63) is 35.6 Å². The lowest BCUT2D eigenvalue weighted by atomic mass is 10.2. The van der Waals surface area contributed by atoms with Crippen molar-refractivity contribution in [2.45, 2.75) is 45.4 Å². The molecule has 0 unspecified atom stereocenters. The minimum absolute atomic E-state index is 0.197. The van der Waals surface area contributed by atoms with Gasteiger partial charge in [-0.05, 0) is 36.3 Å². The second-order valence-corrected chi connectivity index (χ2v) is 13.4. The first-order valence-corrected chi connectivity index (χ1v) is 12.3. The van der Waals surface area contributed by atoms with Crippen molar-refractivity contribution in [2.24, 2.45) is 0 Å². The molecular weight excluding hydrogens is 380 g/mol. The molecule has 0 aliphatic heterocycles. The van der Waals surface area contributed by atoms with Crippen LogP contribution in [-0.4, -0.2) is 41.6 Å². The molecule has 3 rings (SSSR count). The van der Waals surface area contributed by atoms with E-state index in [9.17, 15) is 0 Å². The van der Waals surface area contributed by atoms with Crippen molar-refractivity contribution < 1.29 is 9.16 Å². The zero-order valence-electron chi connectivity index (χ0n) is 16.8. The van der Waals surface area contributed by atoms with E-state index in [0.717, 1.165) is 22.5 Å². The Bertz CT molecular complexity index is 943. The Hall–Kier alpha value is -1.83. The quantitative estimate of drug-likeness (QED) is 0.546. The van der Waals surface area contributed by atoms with Crippen LogP contribution in [0.5, 0.6) is 5.75 Å². The van der Waals surface area contributed by atoms with E-state index in [1.807, 2.05) is 39.8 Å². The summed E-state index contributed by atoms with van der Waals surface area (Å²) in [6.45, 7) is 12.5. The number of ether oxygens (including phenoxy) is 1. The summed E-state index contributed by atoms with van der Waals surface area (Å²) in [4.78, 5) is 0. The molecular formula is C19H27ClN4O2Si. The maximum absolute atomic E-state index is 6.22. The van der Waals surface area contributed by atoms with Crippen LogP contribution in [0, 0.1) is 0 Å². The van der Waals surface area contributed by atoms with Gasteiger partial charge in [0.15, 0.2) is 14.1 Å². The Morgan fingerprint density at radius 2 is 1.96 bits per heavy atom. The van der Waals surface area contributed by atoms with E-state index in [1.165, 1.54) is 0 Å². The summed E-state index contributed by atoms with van der Waals surface area (Å²) in [5, 5.41) is 10.3. The highest BCUT2D eigenvalue weighted by atomic mass is 35.5. The van der Waals surface area contributed by atoms with Crippen LogP contribution >= 0.6 is 11.6 Å². The fourth-order valence-corrected chi connectivity index (χ4v) is 3.90. The first kappa shape index (κ1) is 19.9. The molecule has 3 aromatic rings. The van der Waals surface area contributed by atoms with Crippen LogP contribution in [0.4, 0.5) is 0 Å². The van der Waals surface area contributed by atoms with Gasteiger partial charge in [-0.25, -0.2) is 4.68 Å². The van der Waals surface area contributed by atoms with Crippen LogP contribution in [0.25, 0.3) is 16.7 Å². The van der Waals surface area contributed by atoms with E-state index >= 15 is 0 Å². The molecule has 0 fully saturated rings. The van der Waals surface area contributed by atoms with Crippen LogP contribution in [0.1, 0.15) is 20.8 Å². The summed E-state index contributed by atoms with van der Waals surface area (Å²) in [5.41, 5.74) is 0.934. The highest BCUT2D eigenvalue weighted by Crippen LogP contribution is 2.36. The van der Waals surface area contributed by atoms with E-state index in [0.29, 0.717) is 18.2 Å². The SMILES string of the molecule is COc1cc(Cl)cc2c1ccn2-c1cn(CCO[Si](C)(C)C(C)(C)C)nn1. The minimum atomic E-state index is -1.75. The molecule has 0 saturated carbocycles. The van der Waals surface area contributed by atoms with E-state index in [-0.39, 0.29) is 5.04 Å². The van der Waals surface area contributed by atoms with Gasteiger partial charge in [-0.3, -0.25) is 4.57 Å². The minimum Gasteiger partial charge on any atom is -0.496 e. The number of hydrogen-bond donors (Lipinski definition) is 0. The van der Waals surface area contributed by atoms with Crippen LogP contribution in [-0.2, 0) is 11.0 Å². The predicted octanol–water partition coefficient (Wildman–Crippen LogP) is 4.91. The molecule has 2 aromatic heterocycles. The fourth-order valence-electron chi connectivity index (χ4n) is 2.66. The van der Waals surface area contributed by atoms with E-state index in [1.54, 1.807) is 7.11 Å². The molecule has 0 atom stereocenters. The molecule has 8 heteroatoms. The number of methoxy groups -OCH3 is 1. The lowest BCUT2D eigenvalue weighted by molar-refractivity contribution is 0.264. The third-order valence-electron chi connectivity index (χ3n) is 5.32. The van der Waals surface area contributed by atoms with Crippen molar-refractivity contribution in [2.75, 3.05) is 13.7 Å². The summed E-state index contributed by atoms with van der Waals surface area (Å²) in [6, 6.07) is 5.70. The summed E-state index contributed by atoms with van der Waals surface area (Å²) in [6.07, 6.45) is 3.87. The molecule has 0 radical (unpaired) electrons. The second-order valence-electron chi connectivity index (χ2n) is 8.18.